The van der Waals surface area contributed by atoms with Crippen molar-refractivity contribution in [3.8, 4) is 11.1 Å². The van der Waals surface area contributed by atoms with E-state index in [1.807, 2.05) is 38.1 Å². The van der Waals surface area contributed by atoms with E-state index in [9.17, 15) is 4.39 Å². The maximum Gasteiger partial charge on any atom is 0.128 e. The van der Waals surface area contributed by atoms with Gasteiger partial charge in [0.15, 0.2) is 0 Å². The summed E-state index contributed by atoms with van der Waals surface area (Å²) in [5.74, 6) is -0.169. The lowest BCUT2D eigenvalue weighted by atomic mass is 10.0. The van der Waals surface area contributed by atoms with Gasteiger partial charge in [0.05, 0.1) is 0 Å². The monoisotopic (exact) mass is 244 g/mol. The Morgan fingerprint density at radius 1 is 1.11 bits per heavy atom. The van der Waals surface area contributed by atoms with Crippen molar-refractivity contribution in [2.75, 3.05) is 0 Å². The van der Waals surface area contributed by atoms with Crippen LogP contribution >= 0.6 is 0 Å². The van der Waals surface area contributed by atoms with Gasteiger partial charge >= 0.3 is 0 Å². The SMILES string of the molecule is CC(C)NCc1ccc(-c2ccncc2)cc1F. The summed E-state index contributed by atoms with van der Waals surface area (Å²) in [7, 11) is 0. The first-order valence-corrected chi connectivity index (χ1v) is 6.09. The Labute approximate surface area is 107 Å². The van der Waals surface area contributed by atoms with E-state index in [0.717, 1.165) is 11.1 Å². The lowest BCUT2D eigenvalue weighted by Gasteiger charge is -2.10. The van der Waals surface area contributed by atoms with Crippen molar-refractivity contribution in [1.29, 1.82) is 0 Å². The molecule has 0 aliphatic carbocycles. The Morgan fingerprint density at radius 2 is 1.83 bits per heavy atom. The molecule has 0 amide bonds. The lowest BCUT2D eigenvalue weighted by molar-refractivity contribution is 0.553. The second-order valence-corrected chi connectivity index (χ2v) is 4.58. The van der Waals surface area contributed by atoms with Gasteiger partial charge in [-0.2, -0.15) is 0 Å². The Morgan fingerprint density at radius 3 is 2.44 bits per heavy atom. The molecule has 0 aliphatic heterocycles. The molecular weight excluding hydrogens is 227 g/mol. The van der Waals surface area contributed by atoms with E-state index in [4.69, 9.17) is 0 Å². The van der Waals surface area contributed by atoms with Gasteiger partial charge < -0.3 is 5.32 Å². The highest BCUT2D eigenvalue weighted by molar-refractivity contribution is 5.63. The molecule has 0 saturated carbocycles. The number of hydrogen-bond acceptors (Lipinski definition) is 2. The molecule has 0 unspecified atom stereocenters. The largest absolute Gasteiger partial charge is 0.310 e. The second kappa shape index (κ2) is 5.74. The van der Waals surface area contributed by atoms with Crippen LogP contribution in [0.4, 0.5) is 4.39 Å². The first-order chi connectivity index (χ1) is 8.66. The van der Waals surface area contributed by atoms with Crippen molar-refractivity contribution in [2.24, 2.45) is 0 Å². The highest BCUT2D eigenvalue weighted by Crippen LogP contribution is 2.21. The van der Waals surface area contributed by atoms with E-state index in [-0.39, 0.29) is 5.82 Å². The zero-order chi connectivity index (χ0) is 13.0. The number of benzene rings is 1. The topological polar surface area (TPSA) is 24.9 Å². The van der Waals surface area contributed by atoms with Gasteiger partial charge in [-0.1, -0.05) is 26.0 Å². The van der Waals surface area contributed by atoms with Crippen molar-refractivity contribution in [1.82, 2.24) is 10.3 Å². The Hall–Kier alpha value is -1.74. The first kappa shape index (κ1) is 12.7. The summed E-state index contributed by atoms with van der Waals surface area (Å²) in [5, 5.41) is 3.21. The molecule has 2 aromatic rings. The molecule has 2 rings (SSSR count). The maximum absolute atomic E-state index is 13.9. The molecule has 2 nitrogen and oxygen atoms in total. The number of halogens is 1. The molecule has 0 saturated heterocycles. The molecule has 3 heteroatoms. The molecule has 0 spiro atoms. The normalized spacial score (nSPS) is 10.9. The fourth-order valence-corrected chi connectivity index (χ4v) is 1.73. The van der Waals surface area contributed by atoms with Crippen LogP contribution < -0.4 is 5.32 Å². The van der Waals surface area contributed by atoms with E-state index < -0.39 is 0 Å². The first-order valence-electron chi connectivity index (χ1n) is 6.09. The second-order valence-electron chi connectivity index (χ2n) is 4.58. The number of nitrogens with one attached hydrogen (secondary N) is 1. The summed E-state index contributed by atoms with van der Waals surface area (Å²) in [6.45, 7) is 4.65. The summed E-state index contributed by atoms with van der Waals surface area (Å²) >= 11 is 0. The summed E-state index contributed by atoms with van der Waals surface area (Å²) in [6, 6.07) is 9.45. The molecule has 18 heavy (non-hydrogen) atoms. The van der Waals surface area contributed by atoms with Crippen LogP contribution in [-0.4, -0.2) is 11.0 Å². The third kappa shape index (κ3) is 3.14. The van der Waals surface area contributed by atoms with Crippen LogP contribution in [0.3, 0.4) is 0 Å². The molecule has 0 fully saturated rings. The fraction of sp³-hybridized carbons (Fsp3) is 0.267. The smallest absolute Gasteiger partial charge is 0.128 e. The van der Waals surface area contributed by atoms with Crippen LogP contribution in [0.1, 0.15) is 19.4 Å². The molecular formula is C15H17FN2. The zero-order valence-electron chi connectivity index (χ0n) is 10.7. The predicted octanol–water partition coefficient (Wildman–Crippen LogP) is 3.39. The maximum atomic E-state index is 13.9. The van der Waals surface area contributed by atoms with E-state index >= 15 is 0 Å². The van der Waals surface area contributed by atoms with Gasteiger partial charge in [-0.05, 0) is 29.3 Å². The minimum atomic E-state index is -0.169. The Kier molecular flexibility index (Phi) is 4.05. The van der Waals surface area contributed by atoms with Gasteiger partial charge in [0, 0.05) is 30.5 Å². The number of aromatic nitrogens is 1. The summed E-state index contributed by atoms with van der Waals surface area (Å²) in [6.07, 6.45) is 3.42. The van der Waals surface area contributed by atoms with E-state index in [1.54, 1.807) is 18.5 Å². The van der Waals surface area contributed by atoms with Crippen molar-refractivity contribution in [2.45, 2.75) is 26.4 Å². The Balaban J connectivity index is 2.20. The van der Waals surface area contributed by atoms with Gasteiger partial charge in [0.2, 0.25) is 0 Å². The predicted molar refractivity (Wildman–Crippen MR) is 71.6 cm³/mol. The minimum absolute atomic E-state index is 0.169. The van der Waals surface area contributed by atoms with E-state index in [2.05, 4.69) is 10.3 Å². The molecule has 94 valence electrons. The van der Waals surface area contributed by atoms with Gasteiger partial charge in [0.25, 0.3) is 0 Å². The number of pyridine rings is 1. The highest BCUT2D eigenvalue weighted by Gasteiger charge is 2.05. The van der Waals surface area contributed by atoms with Crippen LogP contribution in [0.15, 0.2) is 42.7 Å². The molecule has 1 heterocycles. The van der Waals surface area contributed by atoms with Gasteiger partial charge in [-0.15, -0.1) is 0 Å². The molecule has 1 N–H and O–H groups in total. The molecule has 1 aromatic heterocycles. The Bertz CT molecular complexity index is 509. The van der Waals surface area contributed by atoms with Gasteiger partial charge in [-0.3, -0.25) is 4.98 Å². The van der Waals surface area contributed by atoms with Crippen LogP contribution in [0.2, 0.25) is 0 Å². The number of nitrogens with zero attached hydrogens (tertiary/aromatic N) is 1. The van der Waals surface area contributed by atoms with Gasteiger partial charge in [0.1, 0.15) is 5.82 Å². The molecule has 0 radical (unpaired) electrons. The van der Waals surface area contributed by atoms with E-state index in [1.165, 1.54) is 0 Å². The molecule has 0 aliphatic rings. The lowest BCUT2D eigenvalue weighted by Crippen LogP contribution is -2.22. The van der Waals surface area contributed by atoms with Crippen LogP contribution in [-0.2, 0) is 6.54 Å². The van der Waals surface area contributed by atoms with Crippen molar-refractivity contribution in [3.05, 3.63) is 54.1 Å². The van der Waals surface area contributed by atoms with E-state index in [0.29, 0.717) is 18.2 Å². The van der Waals surface area contributed by atoms with Crippen LogP contribution in [0.25, 0.3) is 11.1 Å². The minimum Gasteiger partial charge on any atom is -0.310 e. The average Bonchev–Trinajstić information content (AvgIpc) is 2.38. The third-order valence-electron chi connectivity index (χ3n) is 2.77. The van der Waals surface area contributed by atoms with Gasteiger partial charge in [-0.25, -0.2) is 4.39 Å². The van der Waals surface area contributed by atoms with Crippen LogP contribution in [0.5, 0.6) is 0 Å². The molecule has 0 atom stereocenters. The number of rotatable bonds is 4. The molecule has 0 bridgehead atoms. The standard InChI is InChI=1S/C15H17FN2/c1-11(2)18-10-14-4-3-13(9-15(14)16)12-5-7-17-8-6-12/h3-9,11,18H,10H2,1-2H3. The zero-order valence-corrected chi connectivity index (χ0v) is 10.7. The number of hydrogen-bond donors (Lipinski definition) is 1. The van der Waals surface area contributed by atoms with Crippen molar-refractivity contribution < 1.29 is 4.39 Å². The fourth-order valence-electron chi connectivity index (χ4n) is 1.73. The highest BCUT2D eigenvalue weighted by atomic mass is 19.1. The van der Waals surface area contributed by atoms with Crippen molar-refractivity contribution in [3.63, 3.8) is 0 Å². The third-order valence-corrected chi connectivity index (χ3v) is 2.77. The average molecular weight is 244 g/mol. The van der Waals surface area contributed by atoms with Crippen molar-refractivity contribution >= 4 is 0 Å². The summed E-state index contributed by atoms with van der Waals surface area (Å²) in [5.41, 5.74) is 2.55. The summed E-state index contributed by atoms with van der Waals surface area (Å²) < 4.78 is 13.9. The molecule has 1 aromatic carbocycles. The summed E-state index contributed by atoms with van der Waals surface area (Å²) in [4.78, 5) is 3.96. The quantitative estimate of drug-likeness (QED) is 0.891. The van der Waals surface area contributed by atoms with Crippen LogP contribution in [0, 0.1) is 5.82 Å².